The number of ether oxygens (including phenoxy) is 1. The first-order valence-corrected chi connectivity index (χ1v) is 12.0. The number of rotatable bonds is 7. The van der Waals surface area contributed by atoms with Crippen molar-refractivity contribution in [3.8, 4) is 16.9 Å². The number of benzene rings is 2. The summed E-state index contributed by atoms with van der Waals surface area (Å²) in [7, 11) is -3.24. The van der Waals surface area contributed by atoms with E-state index in [1.54, 1.807) is 28.9 Å². The summed E-state index contributed by atoms with van der Waals surface area (Å²) in [6.45, 7) is 2.89. The summed E-state index contributed by atoms with van der Waals surface area (Å²) in [6, 6.07) is 14.7. The third-order valence-electron chi connectivity index (χ3n) is 5.29. The first-order valence-electron chi connectivity index (χ1n) is 10.2. The number of sulfone groups is 1. The first-order chi connectivity index (χ1) is 14.8. The number of aromatic nitrogens is 2. The van der Waals surface area contributed by atoms with Crippen LogP contribution < -0.4 is 10.1 Å². The van der Waals surface area contributed by atoms with Gasteiger partial charge in [0.15, 0.2) is 9.84 Å². The summed E-state index contributed by atoms with van der Waals surface area (Å²) in [5, 5.41) is 7.23. The highest BCUT2D eigenvalue weighted by molar-refractivity contribution is 7.90. The molecule has 7 nitrogen and oxygen atoms in total. The molecule has 0 aliphatic carbocycles. The first kappa shape index (κ1) is 21.1. The van der Waals surface area contributed by atoms with E-state index in [0.29, 0.717) is 25.9 Å². The number of carbonyl (C=O) groups is 1. The minimum atomic E-state index is -3.24. The van der Waals surface area contributed by atoms with E-state index >= 15 is 0 Å². The lowest BCUT2D eigenvalue weighted by Gasteiger charge is -2.14. The van der Waals surface area contributed by atoms with Gasteiger partial charge >= 0.3 is 0 Å². The monoisotopic (exact) mass is 439 g/mol. The number of para-hydroxylation sites is 1. The van der Waals surface area contributed by atoms with Crippen LogP contribution in [0.3, 0.4) is 0 Å². The smallest absolute Gasteiger partial charge is 0.221 e. The van der Waals surface area contributed by atoms with Crippen molar-refractivity contribution in [2.45, 2.75) is 37.3 Å². The van der Waals surface area contributed by atoms with Crippen LogP contribution in [0, 0.1) is 6.92 Å². The highest BCUT2D eigenvalue weighted by Crippen LogP contribution is 2.38. The van der Waals surface area contributed by atoms with Crippen molar-refractivity contribution in [1.29, 1.82) is 0 Å². The molecule has 3 aromatic rings. The summed E-state index contributed by atoms with van der Waals surface area (Å²) >= 11 is 0. The maximum Gasteiger partial charge on any atom is 0.221 e. The number of aryl methyl sites for hydroxylation is 2. The molecule has 162 valence electrons. The van der Waals surface area contributed by atoms with Crippen LogP contribution in [0.4, 0.5) is 0 Å². The van der Waals surface area contributed by atoms with Crippen molar-refractivity contribution >= 4 is 15.7 Å². The van der Waals surface area contributed by atoms with E-state index in [-0.39, 0.29) is 16.9 Å². The second-order valence-electron chi connectivity index (χ2n) is 7.81. The average molecular weight is 440 g/mol. The number of amides is 1. The molecule has 0 bridgehead atoms. The molecule has 1 amide bonds. The lowest BCUT2D eigenvalue weighted by atomic mass is 10.0. The van der Waals surface area contributed by atoms with E-state index in [4.69, 9.17) is 4.74 Å². The molecule has 0 spiro atoms. The Morgan fingerprint density at radius 2 is 1.97 bits per heavy atom. The zero-order valence-corrected chi connectivity index (χ0v) is 18.4. The number of carbonyl (C=O) groups excluding carboxylic acids is 1. The zero-order chi connectivity index (χ0) is 22.0. The number of nitrogens with one attached hydrogen (secondary N) is 1. The van der Waals surface area contributed by atoms with E-state index in [0.717, 1.165) is 28.1 Å². The number of nitrogens with zero attached hydrogens (tertiary/aromatic N) is 2. The van der Waals surface area contributed by atoms with Gasteiger partial charge < -0.3 is 10.1 Å². The molecular weight excluding hydrogens is 414 g/mol. The van der Waals surface area contributed by atoms with E-state index in [2.05, 4.69) is 10.4 Å². The topological polar surface area (TPSA) is 90.3 Å². The SMILES string of the molecule is Cc1ccn(CCC(=O)NC[C@@H]2Cc3cccc(-c4ccc(S(C)(=O)=O)cc4)c3O2)n1. The molecule has 0 saturated heterocycles. The largest absolute Gasteiger partial charge is 0.487 e. The normalized spacial score (nSPS) is 15.4. The average Bonchev–Trinajstić information content (AvgIpc) is 3.35. The summed E-state index contributed by atoms with van der Waals surface area (Å²) < 4.78 is 31.3. The molecule has 1 aliphatic heterocycles. The number of hydrogen-bond acceptors (Lipinski definition) is 5. The van der Waals surface area contributed by atoms with Gasteiger partial charge in [-0.1, -0.05) is 30.3 Å². The molecule has 1 aromatic heterocycles. The molecule has 1 N–H and O–H groups in total. The van der Waals surface area contributed by atoms with Gasteiger partial charge in [0.05, 0.1) is 17.1 Å². The molecule has 2 aromatic carbocycles. The molecule has 31 heavy (non-hydrogen) atoms. The van der Waals surface area contributed by atoms with Crippen LogP contribution in [-0.2, 0) is 27.6 Å². The second kappa shape index (κ2) is 8.55. The summed E-state index contributed by atoms with van der Waals surface area (Å²) in [4.78, 5) is 12.5. The molecule has 1 atom stereocenters. The Hall–Kier alpha value is -3.13. The van der Waals surface area contributed by atoms with E-state index in [1.165, 1.54) is 6.26 Å². The molecular formula is C23H25N3O4S. The van der Waals surface area contributed by atoms with Crippen LogP contribution in [0.2, 0.25) is 0 Å². The summed E-state index contributed by atoms with van der Waals surface area (Å²) in [6.07, 6.45) is 3.99. The van der Waals surface area contributed by atoms with Crippen LogP contribution in [0.1, 0.15) is 17.7 Å². The molecule has 0 fully saturated rings. The maximum atomic E-state index is 12.2. The number of hydrogen-bond donors (Lipinski definition) is 1. The van der Waals surface area contributed by atoms with E-state index in [1.807, 2.05) is 37.4 Å². The predicted molar refractivity (Wildman–Crippen MR) is 118 cm³/mol. The quantitative estimate of drug-likeness (QED) is 0.611. The van der Waals surface area contributed by atoms with E-state index < -0.39 is 9.84 Å². The van der Waals surface area contributed by atoms with Crippen LogP contribution in [0.15, 0.2) is 59.6 Å². The van der Waals surface area contributed by atoms with Gasteiger partial charge in [-0.05, 0) is 36.2 Å². The van der Waals surface area contributed by atoms with Crippen LogP contribution in [-0.4, -0.2) is 43.0 Å². The fourth-order valence-electron chi connectivity index (χ4n) is 3.68. The van der Waals surface area contributed by atoms with Crippen molar-refractivity contribution < 1.29 is 17.9 Å². The fourth-order valence-corrected chi connectivity index (χ4v) is 4.31. The van der Waals surface area contributed by atoms with E-state index in [9.17, 15) is 13.2 Å². The molecule has 1 aliphatic rings. The Morgan fingerprint density at radius 1 is 1.19 bits per heavy atom. The van der Waals surface area contributed by atoms with Crippen molar-refractivity contribution in [2.75, 3.05) is 12.8 Å². The Kier molecular flexibility index (Phi) is 5.82. The molecule has 2 heterocycles. The van der Waals surface area contributed by atoms with Crippen molar-refractivity contribution in [1.82, 2.24) is 15.1 Å². The van der Waals surface area contributed by atoms with Crippen LogP contribution in [0.25, 0.3) is 11.1 Å². The van der Waals surface area contributed by atoms with Gasteiger partial charge in [-0.25, -0.2) is 8.42 Å². The highest BCUT2D eigenvalue weighted by Gasteiger charge is 2.26. The second-order valence-corrected chi connectivity index (χ2v) is 9.82. The van der Waals surface area contributed by atoms with Gasteiger partial charge in [0.1, 0.15) is 11.9 Å². The Bertz CT molecular complexity index is 1200. The predicted octanol–water partition coefficient (Wildman–Crippen LogP) is 2.77. The lowest BCUT2D eigenvalue weighted by Crippen LogP contribution is -2.34. The van der Waals surface area contributed by atoms with Gasteiger partial charge in [-0.2, -0.15) is 5.10 Å². The summed E-state index contributed by atoms with van der Waals surface area (Å²) in [5.41, 5.74) is 3.82. The molecule has 0 unspecified atom stereocenters. The third-order valence-corrected chi connectivity index (χ3v) is 6.42. The van der Waals surface area contributed by atoms with Crippen LogP contribution >= 0.6 is 0 Å². The number of fused-ring (bicyclic) bond motifs is 1. The van der Waals surface area contributed by atoms with Gasteiger partial charge in [-0.3, -0.25) is 9.48 Å². The van der Waals surface area contributed by atoms with Crippen LogP contribution in [0.5, 0.6) is 5.75 Å². The summed E-state index contributed by atoms with van der Waals surface area (Å²) in [5.74, 6) is 0.755. The Labute approximate surface area is 182 Å². The van der Waals surface area contributed by atoms with Crippen molar-refractivity contribution in [3.05, 3.63) is 66.0 Å². The highest BCUT2D eigenvalue weighted by atomic mass is 32.2. The minimum absolute atomic E-state index is 0.0377. The minimum Gasteiger partial charge on any atom is -0.487 e. The standard InChI is InChI=1S/C23H25N3O4S/c1-16-10-12-26(25-16)13-11-22(27)24-15-19-14-18-4-3-5-21(23(18)30-19)17-6-8-20(9-7-17)31(2,28)29/h3-10,12,19H,11,13-15H2,1-2H3,(H,24,27)/t19-/m0/s1. The zero-order valence-electron chi connectivity index (χ0n) is 17.5. The Balaban J connectivity index is 1.37. The maximum absolute atomic E-state index is 12.2. The molecule has 4 rings (SSSR count). The Morgan fingerprint density at radius 3 is 2.65 bits per heavy atom. The molecule has 0 radical (unpaired) electrons. The van der Waals surface area contributed by atoms with Crippen molar-refractivity contribution in [3.63, 3.8) is 0 Å². The van der Waals surface area contributed by atoms with Crippen molar-refractivity contribution in [2.24, 2.45) is 0 Å². The van der Waals surface area contributed by atoms with Gasteiger partial charge in [0.25, 0.3) is 0 Å². The van der Waals surface area contributed by atoms with Gasteiger partial charge in [-0.15, -0.1) is 0 Å². The molecule has 0 saturated carbocycles. The fraction of sp³-hybridized carbons (Fsp3) is 0.304. The van der Waals surface area contributed by atoms with Gasteiger partial charge in [0.2, 0.25) is 5.91 Å². The van der Waals surface area contributed by atoms with Gasteiger partial charge in [0, 0.05) is 37.4 Å². The third kappa shape index (κ3) is 4.96. The lowest BCUT2D eigenvalue weighted by molar-refractivity contribution is -0.121. The molecule has 8 heteroatoms.